The number of nitrogens with two attached hydrogens (primary N) is 1. The standard InChI is InChI=1S/C16H20N4OS.2ClH/c1-11-5-7-20(12(8-11)9-17)16(21)14-10-19-15(22-14)13-4-2-3-6-18-13;;/h2-4,6,10-12H,5,7-9,17H2,1H3;2*1H. The molecule has 0 aromatic carbocycles. The van der Waals surface area contributed by atoms with Crippen molar-refractivity contribution in [1.29, 1.82) is 0 Å². The van der Waals surface area contributed by atoms with Gasteiger partial charge in [-0.2, -0.15) is 0 Å². The summed E-state index contributed by atoms with van der Waals surface area (Å²) >= 11 is 1.40. The van der Waals surface area contributed by atoms with E-state index in [-0.39, 0.29) is 36.8 Å². The molecule has 2 unspecified atom stereocenters. The zero-order valence-electron chi connectivity index (χ0n) is 13.4. The van der Waals surface area contributed by atoms with Gasteiger partial charge in [0.2, 0.25) is 0 Å². The van der Waals surface area contributed by atoms with Crippen molar-refractivity contribution in [3.8, 4) is 10.7 Å². The summed E-state index contributed by atoms with van der Waals surface area (Å²) in [6, 6.07) is 5.82. The largest absolute Gasteiger partial charge is 0.334 e. The van der Waals surface area contributed by atoms with Gasteiger partial charge < -0.3 is 10.6 Å². The minimum absolute atomic E-state index is 0. The third-order valence-electron chi connectivity index (χ3n) is 4.11. The third-order valence-corrected chi connectivity index (χ3v) is 5.12. The lowest BCUT2D eigenvalue weighted by Crippen LogP contribution is -2.49. The van der Waals surface area contributed by atoms with E-state index in [1.165, 1.54) is 11.3 Å². The molecule has 3 heterocycles. The van der Waals surface area contributed by atoms with Crippen LogP contribution in [-0.2, 0) is 0 Å². The van der Waals surface area contributed by atoms with E-state index in [2.05, 4.69) is 16.9 Å². The quantitative estimate of drug-likeness (QED) is 0.875. The molecule has 0 spiro atoms. The summed E-state index contributed by atoms with van der Waals surface area (Å²) < 4.78 is 0. The zero-order chi connectivity index (χ0) is 15.5. The smallest absolute Gasteiger partial charge is 0.265 e. The van der Waals surface area contributed by atoms with Gasteiger partial charge in [0, 0.05) is 25.3 Å². The van der Waals surface area contributed by atoms with Crippen molar-refractivity contribution in [2.75, 3.05) is 13.1 Å². The number of aromatic nitrogens is 2. The van der Waals surface area contributed by atoms with Crippen molar-refractivity contribution < 1.29 is 4.79 Å². The molecular weight excluding hydrogens is 367 g/mol. The molecule has 2 atom stereocenters. The fourth-order valence-corrected chi connectivity index (χ4v) is 3.71. The van der Waals surface area contributed by atoms with Gasteiger partial charge in [-0.15, -0.1) is 36.2 Å². The molecule has 2 aromatic heterocycles. The number of amides is 1. The number of hydrogen-bond acceptors (Lipinski definition) is 5. The molecule has 132 valence electrons. The van der Waals surface area contributed by atoms with Crippen molar-refractivity contribution in [2.45, 2.75) is 25.8 Å². The first kappa shape index (κ1) is 20.8. The molecule has 1 aliphatic heterocycles. The highest BCUT2D eigenvalue weighted by molar-refractivity contribution is 7.16. The number of halogens is 2. The molecular formula is C16H22Cl2N4OS. The Bertz CT molecular complexity index is 653. The van der Waals surface area contributed by atoms with E-state index in [1.807, 2.05) is 23.1 Å². The molecule has 1 amide bonds. The van der Waals surface area contributed by atoms with E-state index in [4.69, 9.17) is 5.73 Å². The highest BCUT2D eigenvalue weighted by Crippen LogP contribution is 2.28. The number of thiazole rings is 1. The van der Waals surface area contributed by atoms with E-state index < -0.39 is 0 Å². The Morgan fingerprint density at radius 3 is 2.83 bits per heavy atom. The van der Waals surface area contributed by atoms with Crippen molar-refractivity contribution in [1.82, 2.24) is 14.9 Å². The Balaban J connectivity index is 0.00000144. The van der Waals surface area contributed by atoms with E-state index in [1.54, 1.807) is 12.4 Å². The number of carbonyl (C=O) groups is 1. The van der Waals surface area contributed by atoms with Gasteiger partial charge >= 0.3 is 0 Å². The second-order valence-electron chi connectivity index (χ2n) is 5.76. The predicted molar refractivity (Wildman–Crippen MR) is 102 cm³/mol. The van der Waals surface area contributed by atoms with Crippen LogP contribution in [-0.4, -0.2) is 39.9 Å². The van der Waals surface area contributed by atoms with Gasteiger partial charge in [-0.1, -0.05) is 13.0 Å². The summed E-state index contributed by atoms with van der Waals surface area (Å²) in [7, 11) is 0. The topological polar surface area (TPSA) is 72.1 Å². The summed E-state index contributed by atoms with van der Waals surface area (Å²) in [5.41, 5.74) is 6.65. The molecule has 1 aliphatic rings. The summed E-state index contributed by atoms with van der Waals surface area (Å²) in [4.78, 5) is 23.9. The van der Waals surface area contributed by atoms with Gasteiger partial charge in [-0.25, -0.2) is 4.98 Å². The zero-order valence-corrected chi connectivity index (χ0v) is 15.9. The van der Waals surface area contributed by atoms with Crippen LogP contribution in [0.3, 0.4) is 0 Å². The van der Waals surface area contributed by atoms with Gasteiger partial charge in [0.15, 0.2) is 0 Å². The lowest BCUT2D eigenvalue weighted by molar-refractivity contribution is 0.0578. The van der Waals surface area contributed by atoms with Gasteiger partial charge in [0.25, 0.3) is 5.91 Å². The average Bonchev–Trinajstić information content (AvgIpc) is 3.05. The molecule has 0 bridgehead atoms. The minimum atomic E-state index is 0. The summed E-state index contributed by atoms with van der Waals surface area (Å²) in [6.07, 6.45) is 5.40. The monoisotopic (exact) mass is 388 g/mol. The van der Waals surface area contributed by atoms with Crippen LogP contribution in [0, 0.1) is 5.92 Å². The SMILES string of the molecule is CC1CCN(C(=O)c2cnc(-c3ccccn3)s2)C(CN)C1.Cl.Cl. The lowest BCUT2D eigenvalue weighted by atomic mass is 9.92. The van der Waals surface area contributed by atoms with Gasteiger partial charge in [0.1, 0.15) is 9.88 Å². The van der Waals surface area contributed by atoms with Crippen molar-refractivity contribution in [3.05, 3.63) is 35.5 Å². The number of piperidine rings is 1. The first-order valence-electron chi connectivity index (χ1n) is 7.57. The Labute approximate surface area is 158 Å². The van der Waals surface area contributed by atoms with Crippen molar-refractivity contribution >= 4 is 42.1 Å². The fraction of sp³-hybridized carbons (Fsp3) is 0.438. The Kier molecular flexibility index (Phi) is 8.09. The molecule has 2 aromatic rings. The molecule has 0 saturated carbocycles. The Hall–Kier alpha value is -1.21. The predicted octanol–water partition coefficient (Wildman–Crippen LogP) is 3.25. The highest BCUT2D eigenvalue weighted by Gasteiger charge is 2.30. The van der Waals surface area contributed by atoms with E-state index >= 15 is 0 Å². The Morgan fingerprint density at radius 2 is 2.17 bits per heavy atom. The number of likely N-dealkylation sites (tertiary alicyclic amines) is 1. The first-order chi connectivity index (χ1) is 10.7. The number of rotatable bonds is 3. The first-order valence-corrected chi connectivity index (χ1v) is 8.39. The number of carbonyl (C=O) groups excluding carboxylic acids is 1. The van der Waals surface area contributed by atoms with Crippen LogP contribution < -0.4 is 5.73 Å². The maximum Gasteiger partial charge on any atom is 0.265 e. The second kappa shape index (κ2) is 9.32. The van der Waals surface area contributed by atoms with Crippen LogP contribution in [0.4, 0.5) is 0 Å². The summed E-state index contributed by atoms with van der Waals surface area (Å²) in [5.74, 6) is 0.671. The van der Waals surface area contributed by atoms with Crippen LogP contribution in [0.25, 0.3) is 10.7 Å². The molecule has 24 heavy (non-hydrogen) atoms. The van der Waals surface area contributed by atoms with Crippen molar-refractivity contribution in [3.63, 3.8) is 0 Å². The number of hydrogen-bond donors (Lipinski definition) is 1. The fourth-order valence-electron chi connectivity index (χ4n) is 2.86. The van der Waals surface area contributed by atoms with Crippen LogP contribution >= 0.6 is 36.2 Å². The number of pyridine rings is 1. The molecule has 8 heteroatoms. The summed E-state index contributed by atoms with van der Waals surface area (Å²) in [6.45, 7) is 3.51. The molecule has 0 aliphatic carbocycles. The maximum absolute atomic E-state index is 12.7. The van der Waals surface area contributed by atoms with Gasteiger partial charge in [-0.05, 0) is 30.9 Å². The molecule has 2 N–H and O–H groups in total. The highest BCUT2D eigenvalue weighted by atomic mass is 35.5. The summed E-state index contributed by atoms with van der Waals surface area (Å²) in [5, 5.41) is 0.777. The molecule has 3 rings (SSSR count). The normalized spacial score (nSPS) is 20.0. The second-order valence-corrected chi connectivity index (χ2v) is 6.79. The molecule has 1 saturated heterocycles. The molecule has 1 fully saturated rings. The van der Waals surface area contributed by atoms with Crippen LogP contribution in [0.2, 0.25) is 0 Å². The van der Waals surface area contributed by atoms with E-state index in [9.17, 15) is 4.79 Å². The maximum atomic E-state index is 12.7. The van der Waals surface area contributed by atoms with E-state index in [0.29, 0.717) is 17.3 Å². The van der Waals surface area contributed by atoms with Crippen molar-refractivity contribution in [2.24, 2.45) is 11.7 Å². The van der Waals surface area contributed by atoms with Crippen LogP contribution in [0.5, 0.6) is 0 Å². The minimum Gasteiger partial charge on any atom is -0.334 e. The lowest BCUT2D eigenvalue weighted by Gasteiger charge is -2.37. The number of nitrogens with zero attached hydrogens (tertiary/aromatic N) is 3. The molecule has 5 nitrogen and oxygen atoms in total. The average molecular weight is 389 g/mol. The van der Waals surface area contributed by atoms with Crippen LogP contribution in [0.15, 0.2) is 30.6 Å². The molecule has 0 radical (unpaired) electrons. The van der Waals surface area contributed by atoms with E-state index in [0.717, 1.165) is 30.1 Å². The van der Waals surface area contributed by atoms with Crippen LogP contribution in [0.1, 0.15) is 29.4 Å². The third kappa shape index (κ3) is 4.45. The van der Waals surface area contributed by atoms with Gasteiger partial charge in [0.05, 0.1) is 11.9 Å². The Morgan fingerprint density at radius 1 is 1.38 bits per heavy atom. The van der Waals surface area contributed by atoms with Gasteiger partial charge in [-0.3, -0.25) is 9.78 Å².